The topological polar surface area (TPSA) is 12.0 Å². The summed E-state index contributed by atoms with van der Waals surface area (Å²) in [6.07, 6.45) is 5.91. The molecule has 0 aliphatic carbocycles. The highest BCUT2D eigenvalue weighted by Crippen LogP contribution is 1.84. The predicted octanol–water partition coefficient (Wildman–Crippen LogP) is 1.34. The van der Waals surface area contributed by atoms with E-state index in [-0.39, 0.29) is 0 Å². The Morgan fingerprint density at radius 1 is 1.62 bits per heavy atom. The van der Waals surface area contributed by atoms with Gasteiger partial charge in [-0.2, -0.15) is 0 Å². The van der Waals surface area contributed by atoms with Crippen molar-refractivity contribution in [1.29, 1.82) is 0 Å². The van der Waals surface area contributed by atoms with E-state index in [1.165, 1.54) is 0 Å². The van der Waals surface area contributed by atoms with Gasteiger partial charge in [-0.1, -0.05) is 18.2 Å². The van der Waals surface area contributed by atoms with Gasteiger partial charge in [0.05, 0.1) is 0 Å². The molecule has 0 heterocycles. The van der Waals surface area contributed by atoms with Crippen LogP contribution in [0.15, 0.2) is 24.8 Å². The lowest BCUT2D eigenvalue weighted by atomic mass is 10.3. The molecule has 0 rings (SSSR count). The van der Waals surface area contributed by atoms with Gasteiger partial charge in [-0.05, 0) is 14.0 Å². The molecule has 0 saturated carbocycles. The Hall–Kier alpha value is -0.560. The fourth-order valence-electron chi connectivity index (χ4n) is 0.500. The molecule has 1 N–H and O–H groups in total. The van der Waals surface area contributed by atoms with Crippen molar-refractivity contribution in [3.8, 4) is 0 Å². The molecule has 0 bridgehead atoms. The van der Waals surface area contributed by atoms with E-state index in [9.17, 15) is 0 Å². The Bertz CT molecular complexity index is 84.4. The van der Waals surface area contributed by atoms with Crippen LogP contribution < -0.4 is 5.32 Å². The molecule has 0 aromatic heterocycles. The summed E-state index contributed by atoms with van der Waals surface area (Å²) in [6, 6.07) is 0.333. The molecule has 0 aliphatic rings. The van der Waals surface area contributed by atoms with Crippen molar-refractivity contribution in [1.82, 2.24) is 5.32 Å². The van der Waals surface area contributed by atoms with Crippen molar-refractivity contribution in [3.63, 3.8) is 0 Å². The van der Waals surface area contributed by atoms with Crippen molar-refractivity contribution < 1.29 is 0 Å². The summed E-state index contributed by atoms with van der Waals surface area (Å²) in [5.41, 5.74) is 0. The molecule has 0 amide bonds. The minimum atomic E-state index is 0.333. The zero-order chi connectivity index (χ0) is 6.41. The summed E-state index contributed by atoms with van der Waals surface area (Å²) in [5.74, 6) is 0. The molecule has 1 unspecified atom stereocenters. The van der Waals surface area contributed by atoms with Crippen LogP contribution in [0, 0.1) is 0 Å². The second-order valence-corrected chi connectivity index (χ2v) is 1.58. The Kier molecular flexibility index (Phi) is 4.27. The molecular formula is C7H13N. The number of hydrogen-bond acceptors (Lipinski definition) is 1. The summed E-state index contributed by atoms with van der Waals surface area (Å²) >= 11 is 0. The molecule has 1 heteroatoms. The van der Waals surface area contributed by atoms with Crippen LogP contribution in [0.2, 0.25) is 0 Å². The second-order valence-electron chi connectivity index (χ2n) is 1.58. The number of nitrogens with one attached hydrogen (secondary N) is 1. The van der Waals surface area contributed by atoms with Crippen molar-refractivity contribution in [2.75, 3.05) is 7.05 Å². The van der Waals surface area contributed by atoms with Gasteiger partial charge in [0.1, 0.15) is 0 Å². The zero-order valence-electron chi connectivity index (χ0n) is 5.52. The van der Waals surface area contributed by atoms with Crippen molar-refractivity contribution in [2.45, 2.75) is 13.0 Å². The summed E-state index contributed by atoms with van der Waals surface area (Å²) in [6.45, 7) is 5.63. The smallest absolute Gasteiger partial charge is 0.0430 e. The first-order valence-electron chi connectivity index (χ1n) is 2.77. The maximum absolute atomic E-state index is 3.64. The number of hydrogen-bond donors (Lipinski definition) is 1. The van der Waals surface area contributed by atoms with Crippen LogP contribution in [0.1, 0.15) is 6.92 Å². The minimum Gasteiger partial charge on any atom is -0.310 e. The Morgan fingerprint density at radius 2 is 2.25 bits per heavy atom. The average molecular weight is 111 g/mol. The third-order valence-corrected chi connectivity index (χ3v) is 0.987. The monoisotopic (exact) mass is 111 g/mol. The summed E-state index contributed by atoms with van der Waals surface area (Å²) in [7, 11) is 1.91. The lowest BCUT2D eigenvalue weighted by Crippen LogP contribution is -2.18. The van der Waals surface area contributed by atoms with Gasteiger partial charge in [-0.25, -0.2) is 0 Å². The molecule has 0 spiro atoms. The maximum atomic E-state index is 3.64. The van der Waals surface area contributed by atoms with Crippen molar-refractivity contribution in [3.05, 3.63) is 24.8 Å². The molecule has 8 heavy (non-hydrogen) atoms. The van der Waals surface area contributed by atoms with Crippen LogP contribution in [-0.2, 0) is 0 Å². The molecule has 0 aliphatic heterocycles. The van der Waals surface area contributed by atoms with Gasteiger partial charge in [-0.3, -0.25) is 0 Å². The van der Waals surface area contributed by atoms with Gasteiger partial charge in [0, 0.05) is 6.04 Å². The van der Waals surface area contributed by atoms with Crippen LogP contribution in [0.25, 0.3) is 0 Å². The van der Waals surface area contributed by atoms with Crippen LogP contribution in [0.3, 0.4) is 0 Å². The number of likely N-dealkylation sites (N-methyl/N-ethyl adjacent to an activating group) is 1. The van der Waals surface area contributed by atoms with Gasteiger partial charge in [0.25, 0.3) is 0 Å². The van der Waals surface area contributed by atoms with E-state index in [0.717, 1.165) is 0 Å². The van der Waals surface area contributed by atoms with Gasteiger partial charge in [-0.15, -0.1) is 6.58 Å². The summed E-state index contributed by atoms with van der Waals surface area (Å²) in [4.78, 5) is 0. The molecule has 0 fully saturated rings. The third-order valence-electron chi connectivity index (χ3n) is 0.987. The highest BCUT2D eigenvalue weighted by atomic mass is 14.8. The molecule has 46 valence electrons. The molecule has 0 radical (unpaired) electrons. The average Bonchev–Trinajstić information content (AvgIpc) is 1.83. The fraction of sp³-hybridized carbons (Fsp3) is 0.429. The highest BCUT2D eigenvalue weighted by molar-refractivity contribution is 5.00. The van der Waals surface area contributed by atoms with Crippen molar-refractivity contribution >= 4 is 0 Å². The normalized spacial score (nSPS) is 14.2. The Morgan fingerprint density at radius 3 is 2.38 bits per heavy atom. The molecule has 0 saturated heterocycles. The SMILES string of the molecule is C=CC(/C=C\C)NC. The third kappa shape index (κ3) is 2.59. The first-order chi connectivity index (χ1) is 3.85. The van der Waals surface area contributed by atoms with E-state index in [4.69, 9.17) is 0 Å². The lowest BCUT2D eigenvalue weighted by Gasteiger charge is -2.01. The summed E-state index contributed by atoms with van der Waals surface area (Å²) in [5, 5.41) is 3.05. The van der Waals surface area contributed by atoms with E-state index in [0.29, 0.717) is 6.04 Å². The molecule has 0 aromatic rings. The molecule has 1 atom stereocenters. The van der Waals surface area contributed by atoms with Gasteiger partial charge in [0.15, 0.2) is 0 Å². The lowest BCUT2D eigenvalue weighted by molar-refractivity contribution is 0.791. The van der Waals surface area contributed by atoms with Gasteiger partial charge >= 0.3 is 0 Å². The largest absolute Gasteiger partial charge is 0.310 e. The van der Waals surface area contributed by atoms with Crippen molar-refractivity contribution in [2.24, 2.45) is 0 Å². The van der Waals surface area contributed by atoms with Crippen LogP contribution in [-0.4, -0.2) is 13.1 Å². The van der Waals surface area contributed by atoms with E-state index >= 15 is 0 Å². The fourth-order valence-corrected chi connectivity index (χ4v) is 0.500. The van der Waals surface area contributed by atoms with E-state index in [1.54, 1.807) is 0 Å². The quantitative estimate of drug-likeness (QED) is 0.542. The standard InChI is InChI=1S/C7H13N/c1-4-6-7(5-2)8-3/h4-8H,2H2,1,3H3/b6-4-. The van der Waals surface area contributed by atoms with E-state index in [2.05, 4.69) is 11.9 Å². The number of allylic oxidation sites excluding steroid dienone is 1. The van der Waals surface area contributed by atoms with Crippen LogP contribution in [0.5, 0.6) is 0 Å². The summed E-state index contributed by atoms with van der Waals surface area (Å²) < 4.78 is 0. The van der Waals surface area contributed by atoms with Gasteiger partial charge in [0.2, 0.25) is 0 Å². The maximum Gasteiger partial charge on any atom is 0.0430 e. The predicted molar refractivity (Wildman–Crippen MR) is 37.9 cm³/mol. The highest BCUT2D eigenvalue weighted by Gasteiger charge is 1.87. The van der Waals surface area contributed by atoms with E-state index in [1.807, 2.05) is 32.2 Å². The van der Waals surface area contributed by atoms with Gasteiger partial charge < -0.3 is 5.32 Å². The second kappa shape index (κ2) is 4.60. The molecule has 0 aromatic carbocycles. The molecule has 1 nitrogen and oxygen atoms in total. The Balaban J connectivity index is 3.52. The first kappa shape index (κ1) is 7.44. The Labute approximate surface area is 51.1 Å². The minimum absolute atomic E-state index is 0.333. The van der Waals surface area contributed by atoms with Crippen LogP contribution in [0.4, 0.5) is 0 Å². The van der Waals surface area contributed by atoms with E-state index < -0.39 is 0 Å². The number of rotatable bonds is 3. The molecular weight excluding hydrogens is 98.1 g/mol. The van der Waals surface area contributed by atoms with Crippen LogP contribution >= 0.6 is 0 Å². The zero-order valence-corrected chi connectivity index (χ0v) is 5.52. The first-order valence-corrected chi connectivity index (χ1v) is 2.77.